The fraction of sp³-hybridized carbons (Fsp3) is 0.818. The van der Waals surface area contributed by atoms with Gasteiger partial charge in [0.05, 0.1) is 0 Å². The van der Waals surface area contributed by atoms with Crippen molar-refractivity contribution in [1.29, 1.82) is 0 Å². The second-order valence-corrected chi connectivity index (χ2v) is 7.93. The molecule has 0 aromatic rings. The lowest BCUT2D eigenvalue weighted by Crippen LogP contribution is -2.70. The maximum atomic E-state index is 14.0. The second kappa shape index (κ2) is 6.34. The summed E-state index contributed by atoms with van der Waals surface area (Å²) in [6.45, 7) is 4.69. The van der Waals surface area contributed by atoms with Gasteiger partial charge in [0, 0.05) is 22.6 Å². The smallest absolute Gasteiger partial charge is 0.198 e. The topological polar surface area (TPSA) is 0 Å². The molecular weight excluding hydrogens is 576 g/mol. The van der Waals surface area contributed by atoms with Crippen LogP contribution in [0.15, 0.2) is 12.2 Å². The van der Waals surface area contributed by atoms with Crippen molar-refractivity contribution in [2.75, 3.05) is 0 Å². The quantitative estimate of drug-likeness (QED) is 0.135. The Bertz CT molecular complexity index is 468. The number of alkyl halides is 12. The van der Waals surface area contributed by atoms with Gasteiger partial charge in [0.15, 0.2) is 0 Å². The van der Waals surface area contributed by atoms with Crippen molar-refractivity contribution < 1.29 is 43.9 Å². The first-order valence-electron chi connectivity index (χ1n) is 5.68. The van der Waals surface area contributed by atoms with Crippen LogP contribution >= 0.6 is 45.2 Å². The lowest BCUT2D eigenvalue weighted by atomic mass is 9.84. The molecule has 23 heavy (non-hydrogen) atoms. The van der Waals surface area contributed by atoms with Crippen molar-refractivity contribution in [2.24, 2.45) is 0 Å². The maximum Gasteiger partial charge on any atom is 0.387 e. The standard InChI is InChI=1S/C11H10F10I2/c1-4-6(22,5(2)3)7(12,13)8(14,15)9(16,17)10(18,19)11(20,21)23/h2,4H2,1,3H3. The Balaban J connectivity index is 6.41. The normalized spacial score (nSPS) is 17.8. The molecule has 0 aliphatic rings. The van der Waals surface area contributed by atoms with Crippen molar-refractivity contribution in [2.45, 2.75) is 51.3 Å². The van der Waals surface area contributed by atoms with E-state index in [1.54, 1.807) is 0 Å². The van der Waals surface area contributed by atoms with Gasteiger partial charge in [-0.05, 0) is 13.3 Å². The Labute approximate surface area is 152 Å². The predicted molar refractivity (Wildman–Crippen MR) is 80.6 cm³/mol. The fourth-order valence-corrected chi connectivity index (χ4v) is 2.29. The molecule has 12 heteroatoms. The molecule has 138 valence electrons. The van der Waals surface area contributed by atoms with E-state index in [2.05, 4.69) is 6.58 Å². The van der Waals surface area contributed by atoms with Crippen LogP contribution in [-0.2, 0) is 0 Å². The van der Waals surface area contributed by atoms with Gasteiger partial charge in [-0.3, -0.25) is 0 Å². The Morgan fingerprint density at radius 1 is 0.739 bits per heavy atom. The summed E-state index contributed by atoms with van der Waals surface area (Å²) in [6, 6.07) is 0. The lowest BCUT2D eigenvalue weighted by molar-refractivity contribution is -0.388. The zero-order valence-electron chi connectivity index (χ0n) is 11.4. The highest BCUT2D eigenvalue weighted by Gasteiger charge is 2.88. The second-order valence-electron chi connectivity index (χ2n) is 4.73. The summed E-state index contributed by atoms with van der Waals surface area (Å²) in [7, 11) is 0. The SMILES string of the molecule is C=C(C)C(I)(CC)C(F)(F)C(F)(F)C(F)(F)C(F)(F)C(F)(F)I. The van der Waals surface area contributed by atoms with Gasteiger partial charge in [-0.1, -0.05) is 41.7 Å². The average molecular weight is 586 g/mol. The maximum absolute atomic E-state index is 14.0. The highest BCUT2D eigenvalue weighted by Crippen LogP contribution is 2.62. The van der Waals surface area contributed by atoms with Gasteiger partial charge in [-0.15, -0.1) is 0 Å². The van der Waals surface area contributed by atoms with Crippen molar-refractivity contribution in [1.82, 2.24) is 0 Å². The van der Waals surface area contributed by atoms with E-state index < -0.39 is 65.6 Å². The summed E-state index contributed by atoms with van der Waals surface area (Å²) < 4.78 is 125. The molecule has 0 heterocycles. The van der Waals surface area contributed by atoms with E-state index >= 15 is 0 Å². The van der Waals surface area contributed by atoms with Crippen LogP contribution in [0.1, 0.15) is 20.3 Å². The lowest BCUT2D eigenvalue weighted by Gasteiger charge is -2.44. The molecule has 1 unspecified atom stereocenters. The van der Waals surface area contributed by atoms with Gasteiger partial charge in [0.2, 0.25) is 0 Å². The number of halogens is 12. The zero-order valence-corrected chi connectivity index (χ0v) is 15.8. The first-order valence-corrected chi connectivity index (χ1v) is 7.84. The van der Waals surface area contributed by atoms with Crippen molar-refractivity contribution in [3.05, 3.63) is 12.2 Å². The highest BCUT2D eigenvalue weighted by molar-refractivity contribution is 14.1. The average Bonchev–Trinajstić information content (AvgIpc) is 2.34. The minimum atomic E-state index is -7.02. The van der Waals surface area contributed by atoms with Crippen LogP contribution in [-0.4, -0.2) is 31.0 Å². The molecule has 0 aliphatic carbocycles. The van der Waals surface area contributed by atoms with E-state index in [0.717, 1.165) is 13.8 Å². The largest absolute Gasteiger partial charge is 0.387 e. The molecule has 0 amide bonds. The molecule has 0 nitrogen and oxygen atoms in total. The Morgan fingerprint density at radius 2 is 1.04 bits per heavy atom. The molecule has 0 aromatic carbocycles. The van der Waals surface area contributed by atoms with Crippen LogP contribution in [0.3, 0.4) is 0 Å². The summed E-state index contributed by atoms with van der Waals surface area (Å²) in [6.07, 6.45) is -0.881. The van der Waals surface area contributed by atoms with E-state index in [-0.39, 0.29) is 0 Å². The van der Waals surface area contributed by atoms with E-state index in [1.807, 2.05) is 0 Å². The Morgan fingerprint density at radius 3 is 1.26 bits per heavy atom. The van der Waals surface area contributed by atoms with Crippen LogP contribution < -0.4 is 0 Å². The Kier molecular flexibility index (Phi) is 6.48. The van der Waals surface area contributed by atoms with Gasteiger partial charge in [0.1, 0.15) is 3.42 Å². The van der Waals surface area contributed by atoms with E-state index in [9.17, 15) is 43.9 Å². The third-order valence-electron chi connectivity index (χ3n) is 3.20. The van der Waals surface area contributed by atoms with Gasteiger partial charge in [-0.25, -0.2) is 0 Å². The third-order valence-corrected chi connectivity index (χ3v) is 6.24. The van der Waals surface area contributed by atoms with E-state index in [4.69, 9.17) is 0 Å². The van der Waals surface area contributed by atoms with E-state index in [0.29, 0.717) is 22.6 Å². The molecule has 0 aromatic heterocycles. The van der Waals surface area contributed by atoms with Crippen LogP contribution in [0.5, 0.6) is 0 Å². The molecule has 0 fully saturated rings. The van der Waals surface area contributed by atoms with Gasteiger partial charge in [-0.2, -0.15) is 43.9 Å². The molecule has 0 spiro atoms. The minimum absolute atomic E-state index is 0.505. The molecule has 0 bridgehead atoms. The molecule has 1 atom stereocenters. The molecule has 0 rings (SSSR count). The number of allylic oxidation sites excluding steroid dienone is 1. The van der Waals surface area contributed by atoms with Crippen molar-refractivity contribution in [3.63, 3.8) is 0 Å². The van der Waals surface area contributed by atoms with Gasteiger partial charge >= 0.3 is 27.6 Å². The Hall–Kier alpha value is 0.500. The number of hydrogen-bond donors (Lipinski definition) is 0. The molecule has 0 aliphatic heterocycles. The third kappa shape index (κ3) is 3.18. The van der Waals surface area contributed by atoms with Gasteiger partial charge < -0.3 is 0 Å². The molecule has 0 N–H and O–H groups in total. The van der Waals surface area contributed by atoms with Crippen LogP contribution in [0.25, 0.3) is 0 Å². The summed E-state index contributed by atoms with van der Waals surface area (Å²) in [5.74, 6) is -26.3. The summed E-state index contributed by atoms with van der Waals surface area (Å²) in [5.41, 5.74) is -0.703. The van der Waals surface area contributed by atoms with E-state index in [1.165, 1.54) is 0 Å². The number of rotatable bonds is 7. The monoisotopic (exact) mass is 586 g/mol. The predicted octanol–water partition coefficient (Wildman–Crippen LogP) is 6.72. The minimum Gasteiger partial charge on any atom is -0.198 e. The molecule has 0 saturated carbocycles. The van der Waals surface area contributed by atoms with Crippen molar-refractivity contribution >= 4 is 45.2 Å². The summed E-state index contributed by atoms with van der Waals surface area (Å²) >= 11 is 0.184. The van der Waals surface area contributed by atoms with Crippen LogP contribution in [0.4, 0.5) is 43.9 Å². The highest BCUT2D eigenvalue weighted by atomic mass is 127. The first-order chi connectivity index (χ1) is 9.75. The first kappa shape index (κ1) is 23.5. The number of hydrogen-bond acceptors (Lipinski definition) is 0. The zero-order chi connectivity index (χ0) is 19.3. The summed E-state index contributed by atoms with van der Waals surface area (Å²) in [4.78, 5) is 0. The summed E-state index contributed by atoms with van der Waals surface area (Å²) in [5, 5.41) is 0. The molecule has 0 radical (unpaired) electrons. The van der Waals surface area contributed by atoms with Crippen LogP contribution in [0, 0.1) is 0 Å². The fourth-order valence-electron chi connectivity index (χ4n) is 1.61. The van der Waals surface area contributed by atoms with Gasteiger partial charge in [0.25, 0.3) is 0 Å². The van der Waals surface area contributed by atoms with Crippen molar-refractivity contribution in [3.8, 4) is 0 Å². The molecule has 0 saturated heterocycles. The van der Waals surface area contributed by atoms with Crippen LogP contribution in [0.2, 0.25) is 0 Å². The molecular formula is C11H10F10I2.